The fraction of sp³-hybridized carbons (Fsp3) is 0.391. The maximum absolute atomic E-state index is 12.6. The van der Waals surface area contributed by atoms with Crippen LogP contribution in [0.1, 0.15) is 35.6 Å². The van der Waals surface area contributed by atoms with Gasteiger partial charge in [0.05, 0.1) is 26.3 Å². The molecular formula is C23H26N2O5. The number of amides is 2. The lowest BCUT2D eigenvalue weighted by molar-refractivity contribution is -0.138. The fourth-order valence-corrected chi connectivity index (χ4v) is 4.34. The Bertz CT molecular complexity index is 931. The number of alkyl carbamates (subject to hydrolysis) is 1. The minimum Gasteiger partial charge on any atom is -0.493 e. The number of rotatable bonds is 5. The first kappa shape index (κ1) is 20.1. The summed E-state index contributed by atoms with van der Waals surface area (Å²) < 4.78 is 16.3. The molecule has 4 rings (SSSR count). The van der Waals surface area contributed by atoms with Gasteiger partial charge in [0.2, 0.25) is 5.91 Å². The second-order valence-electron chi connectivity index (χ2n) is 7.54. The molecule has 1 N–H and O–H groups in total. The number of carbonyl (C=O) groups excluding carboxylic acids is 2. The zero-order chi connectivity index (χ0) is 21.1. The molecule has 0 aliphatic carbocycles. The molecule has 0 saturated carbocycles. The Morgan fingerprint density at radius 2 is 1.83 bits per heavy atom. The second-order valence-corrected chi connectivity index (χ2v) is 7.54. The van der Waals surface area contributed by atoms with Gasteiger partial charge in [0.15, 0.2) is 11.5 Å². The summed E-state index contributed by atoms with van der Waals surface area (Å²) in [5.74, 6) is 1.39. The van der Waals surface area contributed by atoms with Gasteiger partial charge in [-0.25, -0.2) is 4.79 Å². The van der Waals surface area contributed by atoms with E-state index in [0.717, 1.165) is 23.1 Å². The molecular weight excluding hydrogens is 384 g/mol. The number of benzene rings is 2. The fourth-order valence-electron chi connectivity index (χ4n) is 4.34. The second kappa shape index (κ2) is 8.65. The third-order valence-electron chi connectivity index (χ3n) is 5.81. The van der Waals surface area contributed by atoms with E-state index >= 15 is 0 Å². The van der Waals surface area contributed by atoms with E-state index in [1.807, 2.05) is 47.4 Å². The Kier molecular flexibility index (Phi) is 5.79. The van der Waals surface area contributed by atoms with E-state index in [0.29, 0.717) is 30.9 Å². The molecule has 2 aromatic carbocycles. The maximum Gasteiger partial charge on any atom is 0.407 e. The first-order valence-electron chi connectivity index (χ1n) is 10.1. The molecule has 2 aliphatic heterocycles. The lowest BCUT2D eigenvalue weighted by Gasteiger charge is -2.45. The van der Waals surface area contributed by atoms with Crippen LogP contribution in [0.5, 0.6) is 11.5 Å². The number of ether oxygens (including phenoxy) is 3. The van der Waals surface area contributed by atoms with Crippen LogP contribution in [0.2, 0.25) is 0 Å². The Hall–Kier alpha value is -3.22. The summed E-state index contributed by atoms with van der Waals surface area (Å²) in [6, 6.07) is 13.0. The van der Waals surface area contributed by atoms with Crippen molar-refractivity contribution in [3.05, 3.63) is 59.2 Å². The van der Waals surface area contributed by atoms with Crippen LogP contribution < -0.4 is 14.8 Å². The van der Waals surface area contributed by atoms with Gasteiger partial charge in [-0.1, -0.05) is 30.3 Å². The minimum atomic E-state index is -0.481. The summed E-state index contributed by atoms with van der Waals surface area (Å²) in [6.07, 6.45) is 1.23. The van der Waals surface area contributed by atoms with Gasteiger partial charge in [0.1, 0.15) is 6.61 Å². The van der Waals surface area contributed by atoms with Crippen LogP contribution in [0.4, 0.5) is 4.79 Å². The van der Waals surface area contributed by atoms with Crippen LogP contribution in [-0.2, 0) is 22.6 Å². The Morgan fingerprint density at radius 1 is 1.10 bits per heavy atom. The summed E-state index contributed by atoms with van der Waals surface area (Å²) in [6.45, 7) is 0.817. The molecule has 2 aromatic rings. The first-order valence-corrected chi connectivity index (χ1v) is 10.1. The molecule has 0 bridgehead atoms. The smallest absolute Gasteiger partial charge is 0.407 e. The van der Waals surface area contributed by atoms with E-state index in [-0.39, 0.29) is 24.6 Å². The van der Waals surface area contributed by atoms with Crippen molar-refractivity contribution in [2.75, 3.05) is 20.8 Å². The zero-order valence-electron chi connectivity index (χ0n) is 17.2. The van der Waals surface area contributed by atoms with Gasteiger partial charge in [-0.15, -0.1) is 0 Å². The monoisotopic (exact) mass is 410 g/mol. The van der Waals surface area contributed by atoms with Crippen molar-refractivity contribution in [3.63, 3.8) is 0 Å². The third-order valence-corrected chi connectivity index (χ3v) is 5.81. The Labute approximate surface area is 175 Å². The number of piperidine rings is 1. The van der Waals surface area contributed by atoms with Crippen LogP contribution >= 0.6 is 0 Å². The molecule has 0 spiro atoms. The highest BCUT2D eigenvalue weighted by atomic mass is 16.5. The topological polar surface area (TPSA) is 77.1 Å². The highest BCUT2D eigenvalue weighted by molar-refractivity contribution is 5.79. The molecule has 2 aliphatic rings. The standard InChI is InChI=1S/C23H26N2O5/c1-28-19-12-16-10-11-25-21(26)9-8-18(22(25)17(16)13-20(19)29-2)24-23(27)30-14-15-6-4-3-5-7-15/h3-7,12-13,18,22H,8-11,14H2,1-2H3,(H,24,27)/t18-,22+/m0/s1. The third kappa shape index (κ3) is 3.92. The van der Waals surface area contributed by atoms with Crippen molar-refractivity contribution >= 4 is 12.0 Å². The lowest BCUT2D eigenvalue weighted by atomic mass is 9.83. The predicted octanol–water partition coefficient (Wildman–Crippen LogP) is 3.22. The van der Waals surface area contributed by atoms with Crippen molar-refractivity contribution in [2.24, 2.45) is 0 Å². The van der Waals surface area contributed by atoms with Crippen LogP contribution in [0, 0.1) is 0 Å². The molecule has 1 fully saturated rings. The average molecular weight is 410 g/mol. The van der Waals surface area contributed by atoms with Crippen molar-refractivity contribution in [1.29, 1.82) is 0 Å². The summed E-state index contributed by atoms with van der Waals surface area (Å²) >= 11 is 0. The van der Waals surface area contributed by atoms with Gasteiger partial charge in [-0.2, -0.15) is 0 Å². The highest BCUT2D eigenvalue weighted by Gasteiger charge is 2.41. The first-order chi connectivity index (χ1) is 14.6. The molecule has 2 atom stereocenters. The van der Waals surface area contributed by atoms with Gasteiger partial charge in [0.25, 0.3) is 0 Å². The Balaban J connectivity index is 1.55. The van der Waals surface area contributed by atoms with E-state index in [1.165, 1.54) is 0 Å². The van der Waals surface area contributed by atoms with E-state index in [9.17, 15) is 9.59 Å². The molecule has 0 radical (unpaired) electrons. The molecule has 7 heteroatoms. The maximum atomic E-state index is 12.6. The van der Waals surface area contributed by atoms with E-state index in [4.69, 9.17) is 14.2 Å². The Morgan fingerprint density at radius 3 is 2.57 bits per heavy atom. The van der Waals surface area contributed by atoms with Crippen molar-refractivity contribution in [2.45, 2.75) is 38.0 Å². The summed E-state index contributed by atoms with van der Waals surface area (Å²) in [4.78, 5) is 26.9. The number of nitrogens with zero attached hydrogens (tertiary/aromatic N) is 1. The number of carbonyl (C=O) groups is 2. The number of methoxy groups -OCH3 is 2. The summed E-state index contributed by atoms with van der Waals surface area (Å²) in [5.41, 5.74) is 3.02. The minimum absolute atomic E-state index is 0.108. The zero-order valence-corrected chi connectivity index (χ0v) is 17.2. The molecule has 0 aromatic heterocycles. The molecule has 0 unspecified atom stereocenters. The van der Waals surface area contributed by atoms with Crippen molar-refractivity contribution in [3.8, 4) is 11.5 Å². The number of nitrogens with one attached hydrogen (secondary N) is 1. The summed E-state index contributed by atoms with van der Waals surface area (Å²) in [5, 5.41) is 2.99. The predicted molar refractivity (Wildman–Crippen MR) is 110 cm³/mol. The molecule has 1 saturated heterocycles. The quantitative estimate of drug-likeness (QED) is 0.819. The molecule has 2 heterocycles. The van der Waals surface area contributed by atoms with Gasteiger partial charge < -0.3 is 24.4 Å². The van der Waals surface area contributed by atoms with Crippen LogP contribution in [-0.4, -0.2) is 43.7 Å². The van der Waals surface area contributed by atoms with Crippen molar-refractivity contribution in [1.82, 2.24) is 10.2 Å². The average Bonchev–Trinajstić information content (AvgIpc) is 2.78. The van der Waals surface area contributed by atoms with E-state index in [2.05, 4.69) is 5.32 Å². The summed E-state index contributed by atoms with van der Waals surface area (Å²) in [7, 11) is 3.20. The molecule has 158 valence electrons. The number of hydrogen-bond acceptors (Lipinski definition) is 5. The van der Waals surface area contributed by atoms with Crippen molar-refractivity contribution < 1.29 is 23.8 Å². The lowest BCUT2D eigenvalue weighted by Crippen LogP contribution is -2.54. The van der Waals surface area contributed by atoms with Gasteiger partial charge in [-0.05, 0) is 41.7 Å². The van der Waals surface area contributed by atoms with E-state index in [1.54, 1.807) is 14.2 Å². The normalized spacial score (nSPS) is 20.1. The van der Waals surface area contributed by atoms with Gasteiger partial charge >= 0.3 is 6.09 Å². The number of hydrogen-bond donors (Lipinski definition) is 1. The molecule has 30 heavy (non-hydrogen) atoms. The molecule has 7 nitrogen and oxygen atoms in total. The van der Waals surface area contributed by atoms with Crippen LogP contribution in [0.15, 0.2) is 42.5 Å². The highest BCUT2D eigenvalue weighted by Crippen LogP contribution is 2.42. The van der Waals surface area contributed by atoms with Crippen LogP contribution in [0.25, 0.3) is 0 Å². The molecule has 2 amide bonds. The largest absolute Gasteiger partial charge is 0.493 e. The van der Waals surface area contributed by atoms with E-state index < -0.39 is 6.09 Å². The van der Waals surface area contributed by atoms with Gasteiger partial charge in [-0.3, -0.25) is 4.79 Å². The number of fused-ring (bicyclic) bond motifs is 3. The van der Waals surface area contributed by atoms with Crippen LogP contribution in [0.3, 0.4) is 0 Å². The SMILES string of the molecule is COc1cc2c(cc1OC)[C@@H]1[C@@H](NC(=O)OCc3ccccc3)CCC(=O)N1CC2. The van der Waals surface area contributed by atoms with Gasteiger partial charge in [0, 0.05) is 13.0 Å².